The minimum Gasteiger partial charge on any atom is -0.273 e. The van der Waals surface area contributed by atoms with Crippen molar-refractivity contribution in [1.82, 2.24) is 24.7 Å². The average molecular weight is 278 g/mol. The SMILES string of the molecule is Cn1c(Sc2nc(Cl)ncc2Cl)n[nH]c1=O. The Morgan fingerprint density at radius 1 is 1.50 bits per heavy atom. The molecule has 0 bridgehead atoms. The zero-order valence-electron chi connectivity index (χ0n) is 7.94. The molecule has 0 unspecified atom stereocenters. The molecule has 1 N–H and O–H groups in total. The molecule has 0 amide bonds. The van der Waals surface area contributed by atoms with Gasteiger partial charge in [0.1, 0.15) is 5.03 Å². The number of nitrogens with zero attached hydrogens (tertiary/aromatic N) is 4. The first-order valence-corrected chi connectivity index (χ1v) is 5.62. The van der Waals surface area contributed by atoms with E-state index in [9.17, 15) is 4.79 Å². The summed E-state index contributed by atoms with van der Waals surface area (Å²) in [6, 6.07) is 0. The van der Waals surface area contributed by atoms with E-state index in [1.54, 1.807) is 7.05 Å². The molecule has 84 valence electrons. The van der Waals surface area contributed by atoms with E-state index in [2.05, 4.69) is 20.2 Å². The summed E-state index contributed by atoms with van der Waals surface area (Å²) in [6.07, 6.45) is 1.39. The highest BCUT2D eigenvalue weighted by molar-refractivity contribution is 7.99. The third-order valence-corrected chi connectivity index (χ3v) is 3.33. The minimum atomic E-state index is -0.307. The van der Waals surface area contributed by atoms with Crippen LogP contribution >= 0.6 is 35.0 Å². The predicted octanol–water partition coefficient (Wildman–Crippen LogP) is 1.36. The Balaban J connectivity index is 2.37. The first-order valence-electron chi connectivity index (χ1n) is 4.05. The summed E-state index contributed by atoms with van der Waals surface area (Å²) in [7, 11) is 1.59. The number of aromatic amines is 1. The molecule has 0 radical (unpaired) electrons. The molecule has 9 heteroatoms. The van der Waals surface area contributed by atoms with Crippen molar-refractivity contribution in [3.63, 3.8) is 0 Å². The second-order valence-electron chi connectivity index (χ2n) is 2.76. The maximum atomic E-state index is 11.1. The van der Waals surface area contributed by atoms with Crippen LogP contribution in [0.5, 0.6) is 0 Å². The van der Waals surface area contributed by atoms with Crippen LogP contribution in [0, 0.1) is 0 Å². The van der Waals surface area contributed by atoms with Gasteiger partial charge >= 0.3 is 5.69 Å². The van der Waals surface area contributed by atoms with Gasteiger partial charge in [-0.15, -0.1) is 5.10 Å². The smallest absolute Gasteiger partial charge is 0.273 e. The van der Waals surface area contributed by atoms with Crippen molar-refractivity contribution in [2.45, 2.75) is 10.2 Å². The normalized spacial score (nSPS) is 10.7. The van der Waals surface area contributed by atoms with Gasteiger partial charge in [0.05, 0.1) is 11.2 Å². The third kappa shape index (κ3) is 2.21. The summed E-state index contributed by atoms with van der Waals surface area (Å²) >= 11 is 12.6. The Bertz CT molecular complexity index is 580. The van der Waals surface area contributed by atoms with Gasteiger partial charge < -0.3 is 0 Å². The van der Waals surface area contributed by atoms with E-state index in [0.717, 1.165) is 11.8 Å². The zero-order chi connectivity index (χ0) is 11.7. The summed E-state index contributed by atoms with van der Waals surface area (Å²) in [4.78, 5) is 18.8. The highest BCUT2D eigenvalue weighted by Gasteiger charge is 2.11. The molecule has 2 heterocycles. The van der Waals surface area contributed by atoms with E-state index in [4.69, 9.17) is 23.2 Å². The van der Waals surface area contributed by atoms with Crippen molar-refractivity contribution in [2.75, 3.05) is 0 Å². The van der Waals surface area contributed by atoms with Crippen molar-refractivity contribution in [1.29, 1.82) is 0 Å². The Hall–Kier alpha value is -1.05. The van der Waals surface area contributed by atoms with Crippen molar-refractivity contribution in [3.8, 4) is 0 Å². The lowest BCUT2D eigenvalue weighted by Gasteiger charge is -2.01. The Morgan fingerprint density at radius 3 is 2.88 bits per heavy atom. The molecule has 2 rings (SSSR count). The van der Waals surface area contributed by atoms with Gasteiger partial charge in [0, 0.05) is 7.05 Å². The van der Waals surface area contributed by atoms with E-state index < -0.39 is 0 Å². The number of nitrogens with one attached hydrogen (secondary N) is 1. The monoisotopic (exact) mass is 277 g/mol. The number of hydrogen-bond donors (Lipinski definition) is 1. The molecule has 0 aromatic carbocycles. The quantitative estimate of drug-likeness (QED) is 0.663. The molecule has 0 fully saturated rings. The predicted molar refractivity (Wildman–Crippen MR) is 60.0 cm³/mol. The van der Waals surface area contributed by atoms with Crippen LogP contribution in [0.1, 0.15) is 0 Å². The fourth-order valence-corrected chi connectivity index (χ4v) is 2.07. The molecule has 0 aliphatic heterocycles. The van der Waals surface area contributed by atoms with Gasteiger partial charge in [-0.1, -0.05) is 11.6 Å². The maximum Gasteiger partial charge on any atom is 0.343 e. The van der Waals surface area contributed by atoms with E-state index in [0.29, 0.717) is 15.2 Å². The lowest BCUT2D eigenvalue weighted by Crippen LogP contribution is -2.12. The largest absolute Gasteiger partial charge is 0.343 e. The highest BCUT2D eigenvalue weighted by Crippen LogP contribution is 2.29. The molecule has 2 aromatic rings. The summed E-state index contributed by atoms with van der Waals surface area (Å²) in [6.45, 7) is 0. The van der Waals surface area contributed by atoms with Crippen molar-refractivity contribution >= 4 is 35.0 Å². The topological polar surface area (TPSA) is 76.5 Å². The van der Waals surface area contributed by atoms with Crippen LogP contribution in [-0.2, 0) is 7.05 Å². The number of aromatic nitrogens is 5. The van der Waals surface area contributed by atoms with Gasteiger partial charge in [-0.2, -0.15) is 0 Å². The van der Waals surface area contributed by atoms with Gasteiger partial charge in [-0.25, -0.2) is 19.9 Å². The van der Waals surface area contributed by atoms with Crippen molar-refractivity contribution in [2.24, 2.45) is 7.05 Å². The molecule has 0 aliphatic rings. The molecule has 16 heavy (non-hydrogen) atoms. The summed E-state index contributed by atoms with van der Waals surface area (Å²) in [5.41, 5.74) is -0.307. The second kappa shape index (κ2) is 4.44. The van der Waals surface area contributed by atoms with E-state index in [1.165, 1.54) is 10.8 Å². The Kier molecular flexibility index (Phi) is 3.17. The van der Waals surface area contributed by atoms with Crippen LogP contribution in [-0.4, -0.2) is 24.7 Å². The Labute approximate surface area is 104 Å². The molecule has 0 spiro atoms. The summed E-state index contributed by atoms with van der Waals surface area (Å²) < 4.78 is 1.34. The van der Waals surface area contributed by atoms with Crippen LogP contribution in [0.15, 0.2) is 21.2 Å². The summed E-state index contributed by atoms with van der Waals surface area (Å²) in [5.74, 6) is 0. The van der Waals surface area contributed by atoms with Crippen LogP contribution in [0.4, 0.5) is 0 Å². The average Bonchev–Trinajstić information content (AvgIpc) is 2.55. The molecule has 2 aromatic heterocycles. The lowest BCUT2D eigenvalue weighted by atomic mass is 10.7. The molecule has 0 aliphatic carbocycles. The number of halogens is 2. The molecule has 0 saturated heterocycles. The number of hydrogen-bond acceptors (Lipinski definition) is 5. The third-order valence-electron chi connectivity index (χ3n) is 1.71. The van der Waals surface area contributed by atoms with Crippen molar-refractivity contribution in [3.05, 3.63) is 27.0 Å². The maximum absolute atomic E-state index is 11.1. The standard InChI is InChI=1S/C7H5Cl2N5OS/c1-14-6(15)12-13-7(14)16-4-3(8)2-10-5(9)11-4/h2H,1H3,(H,12,15). The Morgan fingerprint density at radius 2 is 2.25 bits per heavy atom. The van der Waals surface area contributed by atoms with Crippen LogP contribution in [0.25, 0.3) is 0 Å². The van der Waals surface area contributed by atoms with E-state index >= 15 is 0 Å². The van der Waals surface area contributed by atoms with Crippen molar-refractivity contribution < 1.29 is 0 Å². The first-order chi connectivity index (χ1) is 7.58. The minimum absolute atomic E-state index is 0.0902. The van der Waals surface area contributed by atoms with Crippen LogP contribution in [0.3, 0.4) is 0 Å². The van der Waals surface area contributed by atoms with Crippen LogP contribution in [0.2, 0.25) is 10.3 Å². The molecule has 0 saturated carbocycles. The van der Waals surface area contributed by atoms with Gasteiger partial charge in [-0.05, 0) is 23.4 Å². The first kappa shape index (κ1) is 11.4. The number of H-pyrrole nitrogens is 1. The number of rotatable bonds is 2. The molecular weight excluding hydrogens is 273 g/mol. The van der Waals surface area contributed by atoms with Gasteiger partial charge in [0.15, 0.2) is 5.16 Å². The lowest BCUT2D eigenvalue weighted by molar-refractivity contribution is 0.764. The molecular formula is C7H5Cl2N5OS. The molecule has 0 atom stereocenters. The van der Waals surface area contributed by atoms with Gasteiger partial charge in [0.2, 0.25) is 5.28 Å². The van der Waals surface area contributed by atoms with Gasteiger partial charge in [-0.3, -0.25) is 4.57 Å². The molecule has 6 nitrogen and oxygen atoms in total. The summed E-state index contributed by atoms with van der Waals surface area (Å²) in [5, 5.41) is 7.45. The fourth-order valence-electron chi connectivity index (χ4n) is 0.913. The van der Waals surface area contributed by atoms with Crippen LogP contribution < -0.4 is 5.69 Å². The van der Waals surface area contributed by atoms with Gasteiger partial charge in [0.25, 0.3) is 0 Å². The highest BCUT2D eigenvalue weighted by atomic mass is 35.5. The fraction of sp³-hybridized carbons (Fsp3) is 0.143. The second-order valence-corrected chi connectivity index (χ2v) is 4.47. The van der Waals surface area contributed by atoms with E-state index in [1.807, 2.05) is 0 Å². The van der Waals surface area contributed by atoms with E-state index in [-0.39, 0.29) is 11.0 Å². The zero-order valence-corrected chi connectivity index (χ0v) is 10.3.